The first kappa shape index (κ1) is 41.9. The van der Waals surface area contributed by atoms with Gasteiger partial charge in [0.25, 0.3) is 11.8 Å². The molecule has 1 fully saturated rings. The van der Waals surface area contributed by atoms with Gasteiger partial charge in [0.15, 0.2) is 6.61 Å². The first-order chi connectivity index (χ1) is 26.3. The number of piperidine rings is 1. The van der Waals surface area contributed by atoms with Gasteiger partial charge in [0, 0.05) is 31.6 Å². The second-order valence-corrected chi connectivity index (χ2v) is 13.7. The molecule has 7 amide bonds. The zero-order chi connectivity index (χ0) is 39.9. The highest BCUT2D eigenvalue weighted by atomic mass is 16.7. The summed E-state index contributed by atoms with van der Waals surface area (Å²) in [4.78, 5) is 110. The fourth-order valence-corrected chi connectivity index (χ4v) is 6.18. The Bertz CT molecular complexity index is 1700. The molecule has 1 saturated heterocycles. The summed E-state index contributed by atoms with van der Waals surface area (Å²) in [5, 5.41) is 22.5. The van der Waals surface area contributed by atoms with Crippen LogP contribution < -0.4 is 32.1 Å². The number of carbonyl (C=O) groups excluding carboxylic acids is 7. The van der Waals surface area contributed by atoms with Crippen LogP contribution in [0.25, 0.3) is 0 Å². The van der Waals surface area contributed by atoms with Crippen molar-refractivity contribution in [3.63, 3.8) is 0 Å². The highest BCUT2D eigenvalue weighted by molar-refractivity contribution is 5.98. The van der Waals surface area contributed by atoms with Crippen LogP contribution in [0.15, 0.2) is 54.6 Å². The van der Waals surface area contributed by atoms with Gasteiger partial charge in [-0.15, -0.1) is 0 Å². The largest absolute Gasteiger partial charge is 0.481 e. The van der Waals surface area contributed by atoms with Crippen molar-refractivity contribution in [2.75, 3.05) is 31.6 Å². The maximum atomic E-state index is 13.6. The van der Waals surface area contributed by atoms with E-state index >= 15 is 0 Å². The predicted octanol–water partition coefficient (Wildman–Crippen LogP) is 0.192. The van der Waals surface area contributed by atoms with Gasteiger partial charge in [0.2, 0.25) is 29.5 Å². The van der Waals surface area contributed by atoms with Crippen molar-refractivity contribution in [2.45, 2.75) is 76.9 Å². The van der Waals surface area contributed by atoms with E-state index in [9.17, 15) is 43.5 Å². The molecule has 5 rings (SSSR count). The first-order valence-electron chi connectivity index (χ1n) is 18.3. The molecule has 7 N–H and O–H groups in total. The molecule has 0 radical (unpaired) electrons. The summed E-state index contributed by atoms with van der Waals surface area (Å²) < 4.78 is 0. The molecule has 2 unspecified atom stereocenters. The fourth-order valence-electron chi connectivity index (χ4n) is 6.18. The van der Waals surface area contributed by atoms with Crippen LogP contribution in [0.3, 0.4) is 0 Å². The number of hydroxylamine groups is 1. The van der Waals surface area contributed by atoms with Crippen LogP contribution >= 0.6 is 0 Å². The van der Waals surface area contributed by atoms with Gasteiger partial charge in [-0.1, -0.05) is 62.7 Å². The van der Waals surface area contributed by atoms with E-state index in [2.05, 4.69) is 32.1 Å². The smallest absolute Gasteiger partial charge is 0.303 e. The zero-order valence-corrected chi connectivity index (χ0v) is 30.9. The molecular weight excluding hydrogens is 714 g/mol. The molecule has 4 bridgehead atoms. The quantitative estimate of drug-likeness (QED) is 0.189. The number of carboxylic acid groups (broad SMARTS) is 1. The minimum atomic E-state index is -1.40. The highest BCUT2D eigenvalue weighted by Crippen LogP contribution is 2.19. The topological polar surface area (TPSA) is 241 Å². The van der Waals surface area contributed by atoms with Crippen molar-refractivity contribution in [1.82, 2.24) is 31.6 Å². The van der Waals surface area contributed by atoms with E-state index in [-0.39, 0.29) is 25.8 Å². The molecule has 17 nitrogen and oxygen atoms in total. The Morgan fingerprint density at radius 1 is 0.873 bits per heavy atom. The molecule has 2 aromatic carbocycles. The Hall–Kier alpha value is -5.84. The molecule has 0 spiro atoms. The van der Waals surface area contributed by atoms with Crippen LogP contribution in [0.4, 0.5) is 5.69 Å². The summed E-state index contributed by atoms with van der Waals surface area (Å²) in [6.07, 6.45) is 0.696. The number of aliphatic carboxylic acids is 1. The van der Waals surface area contributed by atoms with E-state index in [0.29, 0.717) is 37.1 Å². The molecule has 0 aliphatic carbocycles. The normalized spacial score (nSPS) is 23.2. The number of hydrogen-bond donors (Lipinski definition) is 7. The number of anilines is 1. The van der Waals surface area contributed by atoms with Gasteiger partial charge in [0.05, 0.1) is 18.9 Å². The number of rotatable bonds is 7. The molecule has 0 saturated carbocycles. The number of nitrogens with one attached hydrogen (secondary N) is 6. The van der Waals surface area contributed by atoms with Crippen molar-refractivity contribution in [1.29, 1.82) is 0 Å². The number of fused-ring (bicyclic) bond motifs is 20. The molecular formula is C38H49N7O10. The number of carbonyl (C=O) groups is 8. The molecule has 3 aliphatic heterocycles. The maximum absolute atomic E-state index is 13.6. The van der Waals surface area contributed by atoms with Gasteiger partial charge >= 0.3 is 5.97 Å². The van der Waals surface area contributed by atoms with Crippen molar-refractivity contribution >= 4 is 53.0 Å². The zero-order valence-electron chi connectivity index (χ0n) is 30.9. The highest BCUT2D eigenvalue weighted by Gasteiger charge is 2.33. The van der Waals surface area contributed by atoms with Crippen LogP contribution in [0.5, 0.6) is 0 Å². The third-order valence-electron chi connectivity index (χ3n) is 9.55. The second-order valence-electron chi connectivity index (χ2n) is 13.7. The summed E-state index contributed by atoms with van der Waals surface area (Å²) in [5.41, 5.74) is 3.94. The van der Waals surface area contributed by atoms with Gasteiger partial charge in [-0.25, -0.2) is 5.48 Å². The average Bonchev–Trinajstić information content (AvgIpc) is 3.17. The summed E-state index contributed by atoms with van der Waals surface area (Å²) >= 11 is 0. The van der Waals surface area contributed by atoms with Crippen molar-refractivity contribution in [2.24, 2.45) is 11.8 Å². The van der Waals surface area contributed by atoms with E-state index in [1.165, 1.54) is 4.90 Å². The van der Waals surface area contributed by atoms with E-state index in [0.717, 1.165) is 5.56 Å². The lowest BCUT2D eigenvalue weighted by molar-refractivity contribution is -0.148. The van der Waals surface area contributed by atoms with Crippen molar-refractivity contribution in [3.05, 3.63) is 65.7 Å². The summed E-state index contributed by atoms with van der Waals surface area (Å²) in [7, 11) is 0. The summed E-state index contributed by atoms with van der Waals surface area (Å²) in [6, 6.07) is 12.2. The number of carboxylic acids is 1. The van der Waals surface area contributed by atoms with Crippen molar-refractivity contribution in [3.8, 4) is 0 Å². The van der Waals surface area contributed by atoms with Crippen LogP contribution in [-0.2, 0) is 56.0 Å². The molecule has 3 heterocycles. The molecule has 5 atom stereocenters. The monoisotopic (exact) mass is 763 g/mol. The lowest BCUT2D eigenvalue weighted by Gasteiger charge is -2.33. The lowest BCUT2D eigenvalue weighted by atomic mass is 9.96. The Morgan fingerprint density at radius 2 is 1.58 bits per heavy atom. The predicted molar refractivity (Wildman–Crippen MR) is 197 cm³/mol. The Balaban J connectivity index is 1.56. The molecule has 2 aromatic rings. The van der Waals surface area contributed by atoms with Crippen LogP contribution in [-0.4, -0.2) is 102 Å². The van der Waals surface area contributed by atoms with Gasteiger partial charge in [-0.05, 0) is 48.4 Å². The van der Waals surface area contributed by atoms with Crippen molar-refractivity contribution < 1.29 is 48.3 Å². The number of hydrogen-bond acceptors (Lipinski definition) is 9. The van der Waals surface area contributed by atoms with E-state index < -0.39 is 96.9 Å². The average molecular weight is 764 g/mol. The standard InChI is InChI=1S/C38H49N7O10/c1-3-23(2)34-38(54)41-28(15-16-33(49)50)37(53)44-55-22-32(48)45-17-7-10-26(21-45)35(51)42-29(18-24-8-5-4-6-9-24)36(52)40-27-13-11-25(12-14-27)19-30(46)39-20-31(47)43-34/h4-6,8-9,11-14,23,26,28-29,34H,3,7,10,15-22H2,1-2H3,(H,39,46)(H,40,52)(H,41,54)(H,42,51)(H,43,47)(H,44,53)(H,49,50)/t23-,26?,28-,29?,34-/m0/s1. The lowest BCUT2D eigenvalue weighted by Crippen LogP contribution is -2.57. The third-order valence-corrected chi connectivity index (χ3v) is 9.55. The van der Waals surface area contributed by atoms with Crippen LogP contribution in [0.2, 0.25) is 0 Å². The second kappa shape index (κ2) is 20.6. The maximum Gasteiger partial charge on any atom is 0.303 e. The number of benzene rings is 2. The number of amides is 7. The molecule has 3 aliphatic rings. The Morgan fingerprint density at radius 3 is 2.27 bits per heavy atom. The van der Waals surface area contributed by atoms with Crippen LogP contribution in [0.1, 0.15) is 57.1 Å². The van der Waals surface area contributed by atoms with E-state index in [4.69, 9.17) is 4.84 Å². The van der Waals surface area contributed by atoms with Gasteiger partial charge < -0.3 is 36.6 Å². The minimum absolute atomic E-state index is 0.0384. The SMILES string of the molecule is CC[C@H](C)[C@@H]1NC(=O)CNC(=O)Cc2ccc(cc2)NC(=O)C(Cc2ccccc2)NC(=O)C2CCCN(C2)C(=O)CONC(=O)[C@H](CCC(=O)O)NC1=O. The summed E-state index contributed by atoms with van der Waals surface area (Å²) in [5.74, 6) is -6.53. The first-order valence-corrected chi connectivity index (χ1v) is 18.3. The molecule has 55 heavy (non-hydrogen) atoms. The Kier molecular flexibility index (Phi) is 15.7. The van der Waals surface area contributed by atoms with E-state index in [1.54, 1.807) is 38.1 Å². The van der Waals surface area contributed by atoms with E-state index in [1.807, 2.05) is 30.3 Å². The van der Waals surface area contributed by atoms with Gasteiger partial charge in [0.1, 0.15) is 18.1 Å². The van der Waals surface area contributed by atoms with Gasteiger partial charge in [-0.3, -0.25) is 43.2 Å². The molecule has 17 heteroatoms. The number of nitrogens with zero attached hydrogens (tertiary/aromatic N) is 1. The third kappa shape index (κ3) is 13.2. The molecule has 0 aromatic heterocycles. The van der Waals surface area contributed by atoms with Gasteiger partial charge in [-0.2, -0.15) is 0 Å². The minimum Gasteiger partial charge on any atom is -0.481 e. The summed E-state index contributed by atoms with van der Waals surface area (Å²) in [6.45, 7) is 2.79. The van der Waals surface area contributed by atoms with Crippen LogP contribution in [0, 0.1) is 11.8 Å². The molecule has 296 valence electrons. The fraction of sp³-hybridized carbons (Fsp3) is 0.474. The Labute approximate surface area is 318 Å².